The molecular weight excluding hydrogens is 245 g/mol. The summed E-state index contributed by atoms with van der Waals surface area (Å²) in [6.07, 6.45) is -4.49. The predicted octanol–water partition coefficient (Wildman–Crippen LogP) is 3.42. The van der Waals surface area contributed by atoms with E-state index in [0.29, 0.717) is 0 Å². The molecule has 0 bridgehead atoms. The molecule has 0 unspecified atom stereocenters. The fourth-order valence-corrected chi connectivity index (χ4v) is 1.33. The third-order valence-electron chi connectivity index (χ3n) is 1.80. The molecule has 88 valence electrons. The molecule has 0 N–H and O–H groups in total. The molecule has 1 aromatic rings. The molecule has 16 heavy (non-hydrogen) atoms. The fraction of sp³-hybridized carbons (Fsp3) is 0.300. The number of esters is 1. The molecule has 0 saturated carbocycles. The van der Waals surface area contributed by atoms with E-state index in [2.05, 4.69) is 4.74 Å². The Bertz CT molecular complexity index is 402. The lowest BCUT2D eigenvalue weighted by atomic mass is 10.1. The predicted molar refractivity (Wildman–Crippen MR) is 51.9 cm³/mol. The molecule has 0 atom stereocenters. The van der Waals surface area contributed by atoms with E-state index in [1.807, 2.05) is 0 Å². The van der Waals surface area contributed by atoms with E-state index in [4.69, 9.17) is 11.6 Å². The third kappa shape index (κ3) is 3.41. The Kier molecular flexibility index (Phi) is 3.80. The van der Waals surface area contributed by atoms with Crippen molar-refractivity contribution in [3.63, 3.8) is 0 Å². The maximum atomic E-state index is 12.5. The van der Waals surface area contributed by atoms with Gasteiger partial charge in [-0.2, -0.15) is 13.2 Å². The van der Waals surface area contributed by atoms with Crippen LogP contribution in [0.4, 0.5) is 13.2 Å². The third-order valence-corrected chi connectivity index (χ3v) is 2.04. The van der Waals surface area contributed by atoms with Crippen molar-refractivity contribution in [2.45, 2.75) is 19.7 Å². The second-order valence-corrected chi connectivity index (χ2v) is 3.52. The van der Waals surface area contributed by atoms with Crippen LogP contribution in [-0.2, 0) is 22.3 Å². The largest absolute Gasteiger partial charge is 0.461 e. The second-order valence-electron chi connectivity index (χ2n) is 3.08. The highest BCUT2D eigenvalue weighted by molar-refractivity contribution is 6.30. The van der Waals surface area contributed by atoms with Gasteiger partial charge in [0.15, 0.2) is 0 Å². The van der Waals surface area contributed by atoms with E-state index in [1.165, 1.54) is 0 Å². The molecular formula is C10H8ClF3O2. The highest BCUT2D eigenvalue weighted by Crippen LogP contribution is 2.33. The minimum absolute atomic E-state index is 0.157. The quantitative estimate of drug-likeness (QED) is 0.754. The van der Waals surface area contributed by atoms with Gasteiger partial charge in [0.25, 0.3) is 0 Å². The summed E-state index contributed by atoms with van der Waals surface area (Å²) in [4.78, 5) is 10.5. The van der Waals surface area contributed by atoms with Gasteiger partial charge >= 0.3 is 12.1 Å². The lowest BCUT2D eigenvalue weighted by Gasteiger charge is -2.12. The van der Waals surface area contributed by atoms with E-state index < -0.39 is 24.3 Å². The zero-order valence-electron chi connectivity index (χ0n) is 8.27. The topological polar surface area (TPSA) is 26.3 Å². The van der Waals surface area contributed by atoms with E-state index in [-0.39, 0.29) is 10.6 Å². The Hall–Kier alpha value is -1.23. The number of carbonyl (C=O) groups excluding carboxylic acids is 1. The number of carbonyl (C=O) groups is 1. The van der Waals surface area contributed by atoms with Crippen LogP contribution in [-0.4, -0.2) is 5.97 Å². The second kappa shape index (κ2) is 4.74. The minimum Gasteiger partial charge on any atom is -0.461 e. The number of ether oxygens (including phenoxy) is 1. The van der Waals surface area contributed by atoms with E-state index >= 15 is 0 Å². The van der Waals surface area contributed by atoms with Crippen molar-refractivity contribution in [2.75, 3.05) is 0 Å². The summed E-state index contributed by atoms with van der Waals surface area (Å²) >= 11 is 5.57. The van der Waals surface area contributed by atoms with Gasteiger partial charge in [-0.3, -0.25) is 4.79 Å². The molecule has 0 amide bonds. The van der Waals surface area contributed by atoms with Crippen LogP contribution in [0.15, 0.2) is 18.2 Å². The summed E-state index contributed by atoms with van der Waals surface area (Å²) in [5.74, 6) is -0.645. The van der Waals surface area contributed by atoms with Gasteiger partial charge < -0.3 is 4.74 Å². The van der Waals surface area contributed by atoms with Crippen molar-refractivity contribution in [1.29, 1.82) is 0 Å². The van der Waals surface area contributed by atoms with Crippen LogP contribution in [0.5, 0.6) is 0 Å². The first-order valence-electron chi connectivity index (χ1n) is 4.29. The average molecular weight is 253 g/mol. The number of benzene rings is 1. The Morgan fingerprint density at radius 2 is 2.06 bits per heavy atom. The maximum absolute atomic E-state index is 12.5. The first-order chi connectivity index (χ1) is 7.30. The lowest BCUT2D eigenvalue weighted by molar-refractivity contribution is -0.145. The normalized spacial score (nSPS) is 11.3. The fourth-order valence-electron chi connectivity index (χ4n) is 1.14. The summed E-state index contributed by atoms with van der Waals surface area (Å²) < 4.78 is 42.1. The van der Waals surface area contributed by atoms with Crippen molar-refractivity contribution >= 4 is 17.6 Å². The van der Waals surface area contributed by atoms with Gasteiger partial charge in [0.05, 0.1) is 5.56 Å². The molecule has 0 heterocycles. The van der Waals surface area contributed by atoms with Crippen molar-refractivity contribution in [3.8, 4) is 0 Å². The van der Waals surface area contributed by atoms with Crippen LogP contribution >= 0.6 is 11.6 Å². The van der Waals surface area contributed by atoms with Gasteiger partial charge in [0, 0.05) is 17.5 Å². The van der Waals surface area contributed by atoms with Gasteiger partial charge in [-0.15, -0.1) is 0 Å². The Balaban J connectivity index is 3.04. The molecule has 0 radical (unpaired) electrons. The Labute approximate surface area is 95.0 Å². The molecule has 0 fully saturated rings. The number of hydrogen-bond donors (Lipinski definition) is 0. The van der Waals surface area contributed by atoms with Crippen LogP contribution < -0.4 is 0 Å². The SMILES string of the molecule is CC(=O)OCc1cc(Cl)ccc1C(F)(F)F. The molecule has 0 aliphatic carbocycles. The zero-order valence-corrected chi connectivity index (χ0v) is 9.02. The first-order valence-corrected chi connectivity index (χ1v) is 4.67. The van der Waals surface area contributed by atoms with E-state index in [0.717, 1.165) is 25.1 Å². The smallest absolute Gasteiger partial charge is 0.416 e. The van der Waals surface area contributed by atoms with Crippen molar-refractivity contribution in [2.24, 2.45) is 0 Å². The van der Waals surface area contributed by atoms with Crippen LogP contribution in [0.2, 0.25) is 5.02 Å². The summed E-state index contributed by atoms with van der Waals surface area (Å²) in [6.45, 7) is 0.683. The Morgan fingerprint density at radius 3 is 2.56 bits per heavy atom. The monoisotopic (exact) mass is 252 g/mol. The van der Waals surface area contributed by atoms with Gasteiger partial charge in [0.1, 0.15) is 6.61 Å². The molecule has 0 spiro atoms. The highest BCUT2D eigenvalue weighted by atomic mass is 35.5. The summed E-state index contributed by atoms with van der Waals surface area (Å²) in [7, 11) is 0. The number of rotatable bonds is 2. The molecule has 1 aromatic carbocycles. The molecule has 6 heteroatoms. The lowest BCUT2D eigenvalue weighted by Crippen LogP contribution is -2.11. The molecule has 0 aliphatic heterocycles. The molecule has 0 aliphatic rings. The van der Waals surface area contributed by atoms with Crippen molar-refractivity contribution < 1.29 is 22.7 Å². The van der Waals surface area contributed by atoms with E-state index in [9.17, 15) is 18.0 Å². The standard InChI is InChI=1S/C10H8ClF3O2/c1-6(15)16-5-7-4-8(11)2-3-9(7)10(12,13)14/h2-4H,5H2,1H3. The molecule has 0 saturated heterocycles. The van der Waals surface area contributed by atoms with Gasteiger partial charge in [-0.05, 0) is 18.2 Å². The first kappa shape index (κ1) is 12.8. The van der Waals surface area contributed by atoms with Crippen molar-refractivity contribution in [1.82, 2.24) is 0 Å². The van der Waals surface area contributed by atoms with Crippen LogP contribution in [0.3, 0.4) is 0 Å². The molecule has 1 rings (SSSR count). The summed E-state index contributed by atoms with van der Waals surface area (Å²) in [6, 6.07) is 3.14. The summed E-state index contributed by atoms with van der Waals surface area (Å²) in [5.41, 5.74) is -1.01. The highest BCUT2D eigenvalue weighted by Gasteiger charge is 2.33. The van der Waals surface area contributed by atoms with Gasteiger partial charge in [0.2, 0.25) is 0 Å². The number of alkyl halides is 3. The van der Waals surface area contributed by atoms with E-state index in [1.54, 1.807) is 0 Å². The zero-order chi connectivity index (χ0) is 12.3. The van der Waals surface area contributed by atoms with Gasteiger partial charge in [-0.25, -0.2) is 0 Å². The van der Waals surface area contributed by atoms with Crippen LogP contribution in [0.25, 0.3) is 0 Å². The summed E-state index contributed by atoms with van der Waals surface area (Å²) in [5, 5.41) is 0.162. The Morgan fingerprint density at radius 1 is 1.44 bits per heavy atom. The minimum atomic E-state index is -4.49. The average Bonchev–Trinajstić information content (AvgIpc) is 2.12. The number of halogens is 4. The van der Waals surface area contributed by atoms with Gasteiger partial charge in [-0.1, -0.05) is 11.6 Å². The van der Waals surface area contributed by atoms with Crippen LogP contribution in [0, 0.1) is 0 Å². The number of hydrogen-bond acceptors (Lipinski definition) is 2. The van der Waals surface area contributed by atoms with Crippen LogP contribution in [0.1, 0.15) is 18.1 Å². The van der Waals surface area contributed by atoms with Crippen molar-refractivity contribution in [3.05, 3.63) is 34.3 Å². The maximum Gasteiger partial charge on any atom is 0.416 e. The molecule has 0 aromatic heterocycles. The molecule has 2 nitrogen and oxygen atoms in total.